The van der Waals surface area contributed by atoms with Gasteiger partial charge >= 0.3 is 0 Å². The van der Waals surface area contributed by atoms with Crippen LogP contribution in [0.25, 0.3) is 0 Å². The molecule has 0 saturated heterocycles. The number of benzene rings is 2. The Balaban J connectivity index is 1.93. The molecule has 0 aromatic heterocycles. The van der Waals surface area contributed by atoms with Crippen molar-refractivity contribution in [3.05, 3.63) is 64.7 Å². The van der Waals surface area contributed by atoms with E-state index in [2.05, 4.69) is 17.2 Å². The highest BCUT2D eigenvalue weighted by Gasteiger charge is 2.04. The minimum Gasteiger partial charge on any atom is -0.497 e. The predicted molar refractivity (Wildman–Crippen MR) is 88.1 cm³/mol. The first-order valence-electron chi connectivity index (χ1n) is 7.08. The fourth-order valence-corrected chi connectivity index (χ4v) is 2.15. The summed E-state index contributed by atoms with van der Waals surface area (Å²) >= 11 is 0. The maximum atomic E-state index is 12.0. The molecular weight excluding hydrogens is 274 g/mol. The Labute approximate surface area is 131 Å². The number of nitrogens with one attached hydrogen (secondary N) is 1. The number of hydrogen-bond acceptors (Lipinski definition) is 2. The number of carbonyl (C=O) groups excluding carboxylic acids is 1. The van der Waals surface area contributed by atoms with Gasteiger partial charge in [0.25, 0.3) is 5.91 Å². The molecule has 0 radical (unpaired) electrons. The third-order valence-electron chi connectivity index (χ3n) is 3.14. The molecule has 3 heteroatoms. The third kappa shape index (κ3) is 4.39. The van der Waals surface area contributed by atoms with Gasteiger partial charge in [0.2, 0.25) is 0 Å². The van der Waals surface area contributed by atoms with Crippen LogP contribution in [-0.4, -0.2) is 19.6 Å². The number of rotatable bonds is 3. The number of ether oxygens (including phenoxy) is 1. The SMILES string of the molecule is COc1ccc(C#CCNC(=O)c2cc(C)cc(C)c2)cc1. The van der Waals surface area contributed by atoms with E-state index in [0.717, 1.165) is 22.4 Å². The van der Waals surface area contributed by atoms with E-state index in [1.165, 1.54) is 0 Å². The number of carbonyl (C=O) groups is 1. The Morgan fingerprint density at radius 1 is 1.09 bits per heavy atom. The lowest BCUT2D eigenvalue weighted by molar-refractivity contribution is 0.0958. The van der Waals surface area contributed by atoms with Gasteiger partial charge in [-0.3, -0.25) is 4.79 Å². The van der Waals surface area contributed by atoms with Gasteiger partial charge in [0.05, 0.1) is 13.7 Å². The van der Waals surface area contributed by atoms with Gasteiger partial charge in [0.15, 0.2) is 0 Å². The van der Waals surface area contributed by atoms with Crippen LogP contribution >= 0.6 is 0 Å². The van der Waals surface area contributed by atoms with Crippen LogP contribution in [-0.2, 0) is 0 Å². The van der Waals surface area contributed by atoms with Crippen LogP contribution in [0.4, 0.5) is 0 Å². The van der Waals surface area contributed by atoms with E-state index in [1.54, 1.807) is 7.11 Å². The Bertz CT molecular complexity index is 701. The van der Waals surface area contributed by atoms with Crippen LogP contribution in [0.5, 0.6) is 5.75 Å². The molecule has 112 valence electrons. The van der Waals surface area contributed by atoms with Gasteiger partial charge in [-0.1, -0.05) is 29.0 Å². The van der Waals surface area contributed by atoms with E-state index < -0.39 is 0 Å². The van der Waals surface area contributed by atoms with Crippen molar-refractivity contribution >= 4 is 5.91 Å². The number of amides is 1. The molecule has 0 aliphatic carbocycles. The zero-order valence-corrected chi connectivity index (χ0v) is 13.1. The Kier molecular flexibility index (Phi) is 5.21. The second-order valence-corrected chi connectivity index (χ2v) is 5.09. The van der Waals surface area contributed by atoms with Crippen molar-refractivity contribution in [1.82, 2.24) is 5.32 Å². The first-order chi connectivity index (χ1) is 10.6. The lowest BCUT2D eigenvalue weighted by Crippen LogP contribution is -2.23. The fourth-order valence-electron chi connectivity index (χ4n) is 2.15. The average Bonchev–Trinajstić information content (AvgIpc) is 2.51. The van der Waals surface area contributed by atoms with Crippen LogP contribution in [0.3, 0.4) is 0 Å². The Morgan fingerprint density at radius 2 is 1.73 bits per heavy atom. The Morgan fingerprint density at radius 3 is 2.32 bits per heavy atom. The van der Waals surface area contributed by atoms with Crippen molar-refractivity contribution in [2.75, 3.05) is 13.7 Å². The lowest BCUT2D eigenvalue weighted by Gasteiger charge is -2.04. The van der Waals surface area contributed by atoms with Gasteiger partial charge in [0, 0.05) is 11.1 Å². The zero-order valence-electron chi connectivity index (χ0n) is 13.1. The molecule has 2 aromatic carbocycles. The summed E-state index contributed by atoms with van der Waals surface area (Å²) in [6, 6.07) is 13.3. The van der Waals surface area contributed by atoms with Crippen LogP contribution in [0, 0.1) is 25.7 Å². The second-order valence-electron chi connectivity index (χ2n) is 5.09. The summed E-state index contributed by atoms with van der Waals surface area (Å²) in [6.45, 7) is 4.28. The molecule has 22 heavy (non-hydrogen) atoms. The number of aryl methyl sites for hydroxylation is 2. The van der Waals surface area contributed by atoms with Gasteiger partial charge in [-0.15, -0.1) is 0 Å². The number of methoxy groups -OCH3 is 1. The maximum absolute atomic E-state index is 12.0. The van der Waals surface area contributed by atoms with E-state index in [0.29, 0.717) is 12.1 Å². The van der Waals surface area contributed by atoms with Crippen molar-refractivity contribution < 1.29 is 9.53 Å². The summed E-state index contributed by atoms with van der Waals surface area (Å²) in [7, 11) is 1.63. The van der Waals surface area contributed by atoms with Gasteiger partial charge in [-0.2, -0.15) is 0 Å². The van der Waals surface area contributed by atoms with Gasteiger partial charge in [0.1, 0.15) is 5.75 Å². The minimum absolute atomic E-state index is 0.101. The minimum atomic E-state index is -0.101. The highest BCUT2D eigenvalue weighted by Crippen LogP contribution is 2.10. The van der Waals surface area contributed by atoms with Crippen molar-refractivity contribution in [2.45, 2.75) is 13.8 Å². The summed E-state index contributed by atoms with van der Waals surface area (Å²) in [5.74, 6) is 6.65. The van der Waals surface area contributed by atoms with Gasteiger partial charge in [-0.25, -0.2) is 0 Å². The molecule has 0 bridgehead atoms. The molecule has 0 heterocycles. The van der Waals surface area contributed by atoms with E-state index in [1.807, 2.05) is 56.3 Å². The quantitative estimate of drug-likeness (QED) is 0.883. The summed E-state index contributed by atoms with van der Waals surface area (Å²) in [6.07, 6.45) is 0. The molecule has 0 fully saturated rings. The monoisotopic (exact) mass is 293 g/mol. The molecule has 0 aliphatic rings. The predicted octanol–water partition coefficient (Wildman–Crippen LogP) is 3.09. The molecule has 3 nitrogen and oxygen atoms in total. The smallest absolute Gasteiger partial charge is 0.252 e. The van der Waals surface area contributed by atoms with Gasteiger partial charge < -0.3 is 10.1 Å². The van der Waals surface area contributed by atoms with Crippen LogP contribution in [0.2, 0.25) is 0 Å². The lowest BCUT2D eigenvalue weighted by atomic mass is 10.1. The summed E-state index contributed by atoms with van der Waals surface area (Å²) in [4.78, 5) is 12.0. The molecule has 2 aromatic rings. The molecular formula is C19H19NO2. The average molecular weight is 293 g/mol. The van der Waals surface area contributed by atoms with E-state index in [-0.39, 0.29) is 5.91 Å². The van der Waals surface area contributed by atoms with Gasteiger partial charge in [-0.05, 0) is 50.2 Å². The van der Waals surface area contributed by atoms with Crippen molar-refractivity contribution in [3.63, 3.8) is 0 Å². The van der Waals surface area contributed by atoms with Crippen LogP contribution < -0.4 is 10.1 Å². The molecule has 1 N–H and O–H groups in total. The van der Waals surface area contributed by atoms with Crippen LogP contribution in [0.1, 0.15) is 27.0 Å². The fraction of sp³-hybridized carbons (Fsp3) is 0.211. The standard InChI is InChI=1S/C19H19NO2/c1-14-11-15(2)13-17(12-14)19(21)20-10-4-5-16-6-8-18(22-3)9-7-16/h6-9,11-13H,10H2,1-3H3,(H,20,21). The van der Waals surface area contributed by atoms with Crippen molar-refractivity contribution in [1.29, 1.82) is 0 Å². The molecule has 0 atom stereocenters. The first-order valence-corrected chi connectivity index (χ1v) is 7.08. The highest BCUT2D eigenvalue weighted by molar-refractivity contribution is 5.94. The summed E-state index contributed by atoms with van der Waals surface area (Å²) in [5, 5.41) is 2.81. The Hall–Kier alpha value is -2.73. The maximum Gasteiger partial charge on any atom is 0.252 e. The molecule has 0 aliphatic heterocycles. The van der Waals surface area contributed by atoms with Crippen LogP contribution in [0.15, 0.2) is 42.5 Å². The molecule has 0 spiro atoms. The second kappa shape index (κ2) is 7.33. The highest BCUT2D eigenvalue weighted by atomic mass is 16.5. The molecule has 1 amide bonds. The molecule has 0 unspecified atom stereocenters. The first kappa shape index (κ1) is 15.7. The molecule has 0 saturated carbocycles. The summed E-state index contributed by atoms with van der Waals surface area (Å²) < 4.78 is 5.09. The zero-order chi connectivity index (χ0) is 15.9. The largest absolute Gasteiger partial charge is 0.497 e. The van der Waals surface area contributed by atoms with E-state index in [4.69, 9.17) is 4.74 Å². The summed E-state index contributed by atoms with van der Waals surface area (Å²) in [5.41, 5.74) is 3.72. The third-order valence-corrected chi connectivity index (χ3v) is 3.14. The molecule has 2 rings (SSSR count). The van der Waals surface area contributed by atoms with Crippen molar-refractivity contribution in [3.8, 4) is 17.6 Å². The normalized spacial score (nSPS) is 9.59. The van der Waals surface area contributed by atoms with E-state index >= 15 is 0 Å². The topological polar surface area (TPSA) is 38.3 Å². The van der Waals surface area contributed by atoms with E-state index in [9.17, 15) is 4.79 Å². The van der Waals surface area contributed by atoms with Crippen molar-refractivity contribution in [2.24, 2.45) is 0 Å². The number of hydrogen-bond donors (Lipinski definition) is 1.